The standard InChI is InChI=1S/C17H19NO3.C17H20O.C16H18O2.C12H18O4.C11H15NO2.3C10H14O2.C9H13NO/c1-20-13-16(15-10-6-3-7-11-15)18-17(19)21-12-14-8-4-2-5-9-14;1-18-14-13-17-10-6-5-9-16(17)12-11-15-7-3-2-4-8-15;1-17-11-10-14-8-5-9-16(12-14)18-13-15-6-3-2-4-7-15;1-13-6-5-9-7-10(14-2)12(16-4)11(8-9)15-3;1-9(13)12-11(8-14-2)10-6-4-3-5-7-10;1-11-8-7-9-3-5-10(12-2)6-4-9;1-11-7-6-9-4-3-5-10(8-9)12-2;1-11-8-7-9-5-3-4-6-10(9)12-2;1-11-7-9(10)8-5-3-2-4-6-8/h2-11,16H,12-13H2,1H3,(H,18,19);2-10H,11-14H2,1H3;2-9,12H,10-11,13H2,1H3;7-8H,5-6H2,1-4H3;3-7,11H,8H2,1-2H3,(H,12,13);3-6H,7-8H2,1-2H3;3-5,8H,6-7H2,1-2H3;3-6H,7-8H2,1-2H3;2-6,9H,7,10H2,1H3/t16-;;;;11-;;;;9-/m0...0...0/s1. The number of alkyl carbamates (subject to hydrolysis) is 1. The molecule has 12 aromatic rings. The molecule has 22 nitrogen and oxygen atoms in total. The van der Waals surface area contributed by atoms with Crippen LogP contribution in [0, 0.1) is 0 Å². The maximum Gasteiger partial charge on any atom is 0.408 e. The van der Waals surface area contributed by atoms with Crippen LogP contribution in [-0.4, -0.2) is 178 Å². The lowest BCUT2D eigenvalue weighted by Crippen LogP contribution is -2.31. The van der Waals surface area contributed by atoms with Crippen molar-refractivity contribution in [2.24, 2.45) is 5.73 Å². The second kappa shape index (κ2) is 74.1. The molecule has 134 heavy (non-hydrogen) atoms. The molecule has 3 atom stereocenters. The highest BCUT2D eigenvalue weighted by atomic mass is 16.6. The summed E-state index contributed by atoms with van der Waals surface area (Å²) in [7, 11) is 25.0. The van der Waals surface area contributed by atoms with Gasteiger partial charge in [-0.1, -0.05) is 261 Å². The molecule has 4 N–H and O–H groups in total. The average Bonchev–Trinajstić information content (AvgIpc) is 0.827. The number of methoxy groups -OCH3 is 15. The number of amides is 2. The second-order valence-corrected chi connectivity index (χ2v) is 29.9. The zero-order chi connectivity index (χ0) is 97.1. The molecule has 0 saturated heterocycles. The van der Waals surface area contributed by atoms with Crippen LogP contribution < -0.4 is 49.5 Å². The molecule has 0 fully saturated rings. The normalized spacial score (nSPS) is 10.8. The number of rotatable bonds is 43. The molecule has 22 heteroatoms. The van der Waals surface area contributed by atoms with E-state index in [1.165, 1.54) is 51.4 Å². The Morgan fingerprint density at radius 2 is 0.627 bits per heavy atom. The van der Waals surface area contributed by atoms with Gasteiger partial charge in [0.15, 0.2) is 11.5 Å². The van der Waals surface area contributed by atoms with Crippen LogP contribution in [0.15, 0.2) is 315 Å². The highest BCUT2D eigenvalue weighted by Gasteiger charge is 2.17. The minimum absolute atomic E-state index is 0.00111. The van der Waals surface area contributed by atoms with Gasteiger partial charge in [-0.15, -0.1) is 0 Å². The Labute approximate surface area is 797 Å². The van der Waals surface area contributed by atoms with Gasteiger partial charge in [0, 0.05) is 70.9 Å². The first-order valence-corrected chi connectivity index (χ1v) is 44.6. The SMILES string of the molecule is COCCc1cc(OC)c(OC)c(OC)c1.COCCc1ccc(OC)cc1.COCCc1cccc(OC)c1.COCCc1cccc(OCc2ccccc2)c1.COCCc1ccccc1CCc1ccccc1.COCCc1ccccc1OC.COC[C@H](N)c1ccccc1.COC[C@H](NC(=O)OCc1ccccc1)c1ccccc1.COC[C@H](NC(C)=O)c1ccccc1. The number of para-hydroxylation sites is 1. The van der Waals surface area contributed by atoms with Gasteiger partial charge in [-0.2, -0.15) is 0 Å². The third-order valence-corrected chi connectivity index (χ3v) is 20.1. The molecule has 0 saturated carbocycles. The minimum atomic E-state index is -0.454. The van der Waals surface area contributed by atoms with E-state index in [9.17, 15) is 9.59 Å². The van der Waals surface area contributed by atoms with Crippen molar-refractivity contribution in [2.45, 2.75) is 89.6 Å². The molecule has 0 aromatic heterocycles. The molecule has 12 rings (SSSR count). The second-order valence-electron chi connectivity index (χ2n) is 29.9. The fourth-order valence-electron chi connectivity index (χ4n) is 12.9. The van der Waals surface area contributed by atoms with Gasteiger partial charge in [-0.05, 0) is 178 Å². The zero-order valence-electron chi connectivity index (χ0n) is 81.5. The Morgan fingerprint density at radius 3 is 1.07 bits per heavy atom. The van der Waals surface area contributed by atoms with E-state index in [4.69, 9.17) is 86.3 Å². The number of carbonyl (C=O) groups is 2. The Bertz CT molecular complexity index is 4870. The largest absolute Gasteiger partial charge is 0.497 e. The van der Waals surface area contributed by atoms with Crippen molar-refractivity contribution in [3.8, 4) is 40.2 Å². The molecule has 0 aliphatic rings. The smallest absolute Gasteiger partial charge is 0.408 e. The van der Waals surface area contributed by atoms with E-state index in [-0.39, 0.29) is 30.6 Å². The summed E-state index contributed by atoms with van der Waals surface area (Å²) in [6.45, 7) is 8.28. The van der Waals surface area contributed by atoms with Gasteiger partial charge in [0.1, 0.15) is 36.2 Å². The predicted octanol–water partition coefficient (Wildman–Crippen LogP) is 20.8. The van der Waals surface area contributed by atoms with Crippen LogP contribution in [0.4, 0.5) is 4.79 Å². The van der Waals surface area contributed by atoms with Crippen LogP contribution in [0.2, 0.25) is 0 Å². The first-order valence-electron chi connectivity index (χ1n) is 44.6. The highest BCUT2D eigenvalue weighted by molar-refractivity contribution is 5.73. The van der Waals surface area contributed by atoms with Crippen LogP contribution in [0.1, 0.15) is 97.4 Å². The van der Waals surface area contributed by atoms with Crippen LogP contribution in [0.5, 0.6) is 40.2 Å². The monoisotopic (exact) mass is 1840 g/mol. The molecular weight excluding hydrogens is 1690 g/mol. The number of ether oxygens (including phenoxy) is 17. The van der Waals surface area contributed by atoms with E-state index in [1.807, 2.05) is 212 Å². The lowest BCUT2D eigenvalue weighted by Gasteiger charge is -2.18. The Morgan fingerprint density at radius 1 is 0.269 bits per heavy atom. The summed E-state index contributed by atoms with van der Waals surface area (Å²) in [6.07, 6.45) is 7.28. The van der Waals surface area contributed by atoms with Gasteiger partial charge in [-0.25, -0.2) is 4.79 Å². The molecule has 0 heterocycles. The molecule has 0 unspecified atom stereocenters. The number of hydrogen-bond acceptors (Lipinski definition) is 20. The van der Waals surface area contributed by atoms with Gasteiger partial charge in [0.05, 0.1) is 120 Å². The first kappa shape index (κ1) is 114. The molecule has 722 valence electrons. The van der Waals surface area contributed by atoms with Crippen LogP contribution in [0.25, 0.3) is 0 Å². The van der Waals surface area contributed by atoms with E-state index in [2.05, 4.69) is 114 Å². The van der Waals surface area contributed by atoms with Gasteiger partial charge in [0.25, 0.3) is 0 Å². The van der Waals surface area contributed by atoms with Crippen molar-refractivity contribution < 1.29 is 90.1 Å². The number of nitrogens with one attached hydrogen (secondary N) is 2. The number of aryl methyl sites for hydroxylation is 2. The molecular formula is C112H145N3O19. The topological polar surface area (TPSA) is 241 Å². The summed E-state index contributed by atoms with van der Waals surface area (Å²) in [5.74, 6) is 5.57. The number of nitrogens with two attached hydrogens (primary N) is 1. The van der Waals surface area contributed by atoms with E-state index in [0.29, 0.717) is 50.3 Å². The summed E-state index contributed by atoms with van der Waals surface area (Å²) in [5, 5.41) is 5.65. The summed E-state index contributed by atoms with van der Waals surface area (Å²) >= 11 is 0. The maximum atomic E-state index is 11.9. The quantitative estimate of drug-likeness (QED) is 0.0322. The summed E-state index contributed by atoms with van der Waals surface area (Å²) in [5.41, 5.74) is 21.4. The lowest BCUT2D eigenvalue weighted by molar-refractivity contribution is -0.120. The number of carbonyl (C=O) groups excluding carboxylic acids is 2. The molecule has 0 aliphatic carbocycles. The fraction of sp³-hybridized carbons (Fsp3) is 0.339. The third-order valence-electron chi connectivity index (χ3n) is 20.1. The molecule has 0 aliphatic heterocycles. The van der Waals surface area contributed by atoms with Gasteiger partial charge >= 0.3 is 6.09 Å². The number of hydrogen-bond donors (Lipinski definition) is 3. The van der Waals surface area contributed by atoms with E-state index < -0.39 is 6.09 Å². The van der Waals surface area contributed by atoms with E-state index in [1.54, 1.807) is 107 Å². The van der Waals surface area contributed by atoms with Crippen LogP contribution in [-0.2, 0) is 117 Å². The van der Waals surface area contributed by atoms with Crippen molar-refractivity contribution >= 4 is 12.0 Å². The first-order chi connectivity index (χ1) is 65.5. The molecule has 0 spiro atoms. The maximum absolute atomic E-state index is 11.9. The lowest BCUT2D eigenvalue weighted by atomic mass is 9.98. The minimum Gasteiger partial charge on any atom is -0.497 e. The van der Waals surface area contributed by atoms with Gasteiger partial charge in [0.2, 0.25) is 11.7 Å². The summed E-state index contributed by atoms with van der Waals surface area (Å²) in [4.78, 5) is 22.8. The fourth-order valence-corrected chi connectivity index (χ4v) is 12.9. The third kappa shape index (κ3) is 49.9. The van der Waals surface area contributed by atoms with Crippen molar-refractivity contribution in [1.29, 1.82) is 0 Å². The van der Waals surface area contributed by atoms with Crippen molar-refractivity contribution in [1.82, 2.24) is 10.6 Å². The summed E-state index contributed by atoms with van der Waals surface area (Å²) < 4.78 is 87.4. The van der Waals surface area contributed by atoms with Crippen molar-refractivity contribution in [2.75, 3.05) is 166 Å². The molecule has 0 radical (unpaired) electrons. The van der Waals surface area contributed by atoms with Crippen molar-refractivity contribution in [3.63, 3.8) is 0 Å². The molecule has 2 amide bonds. The van der Waals surface area contributed by atoms with Crippen LogP contribution >= 0.6 is 0 Å². The Hall–Kier alpha value is -12.4. The van der Waals surface area contributed by atoms with Gasteiger partial charge < -0.3 is 96.9 Å². The van der Waals surface area contributed by atoms with Gasteiger partial charge in [-0.3, -0.25) is 4.79 Å². The predicted molar refractivity (Wildman–Crippen MR) is 537 cm³/mol. The van der Waals surface area contributed by atoms with Crippen LogP contribution in [0.3, 0.4) is 0 Å². The Balaban J connectivity index is 0.000000318. The average molecular weight is 1840 g/mol. The van der Waals surface area contributed by atoms with E-state index in [0.717, 1.165) is 135 Å². The Kier molecular flexibility index (Phi) is 63.0. The van der Waals surface area contributed by atoms with Crippen molar-refractivity contribution in [3.05, 3.63) is 388 Å². The van der Waals surface area contributed by atoms with E-state index >= 15 is 0 Å². The molecule has 12 aromatic carbocycles. The highest BCUT2D eigenvalue weighted by Crippen LogP contribution is 2.38. The zero-order valence-corrected chi connectivity index (χ0v) is 81.5. The number of benzene rings is 12. The summed E-state index contributed by atoms with van der Waals surface area (Å²) in [6, 6.07) is 104. The molecule has 0 bridgehead atoms.